The van der Waals surface area contributed by atoms with Crippen molar-refractivity contribution in [1.82, 2.24) is 10.2 Å². The van der Waals surface area contributed by atoms with Crippen LogP contribution in [0.1, 0.15) is 40.0 Å². The molecule has 32 heavy (non-hydrogen) atoms. The summed E-state index contributed by atoms with van der Waals surface area (Å²) in [6.07, 6.45) is 2.13. The molecule has 2 N–H and O–H groups in total. The average Bonchev–Trinajstić information content (AvgIpc) is 3.15. The lowest BCUT2D eigenvalue weighted by Gasteiger charge is -2.41. The first-order chi connectivity index (χ1) is 15.5. The van der Waals surface area contributed by atoms with Crippen LogP contribution >= 0.6 is 0 Å². The number of nitrogens with zero attached hydrogens (tertiary/aromatic N) is 1. The van der Waals surface area contributed by atoms with Crippen molar-refractivity contribution in [3.8, 4) is 11.5 Å². The Labute approximate surface area is 185 Å². The van der Waals surface area contributed by atoms with Crippen LogP contribution in [0, 0.1) is 0 Å². The Kier molecular flexibility index (Phi) is 4.33. The molecule has 0 aromatic heterocycles. The van der Waals surface area contributed by atoms with Crippen LogP contribution in [0.3, 0.4) is 0 Å². The second kappa shape index (κ2) is 7.13. The summed E-state index contributed by atoms with van der Waals surface area (Å²) >= 11 is 0. The minimum atomic E-state index is -0.604. The fraction of sp³-hybridized carbons (Fsp3) is 0.417. The molecule has 0 aliphatic carbocycles. The van der Waals surface area contributed by atoms with Gasteiger partial charge in [-0.25, -0.2) is 0 Å². The summed E-state index contributed by atoms with van der Waals surface area (Å²) in [5.41, 5.74) is 1.14. The number of fused-ring (bicyclic) bond motifs is 2. The molecule has 2 aromatic rings. The average molecular weight is 435 g/mol. The Morgan fingerprint density at radius 3 is 2.59 bits per heavy atom. The fourth-order valence-electron chi connectivity index (χ4n) is 5.25. The first kappa shape index (κ1) is 19.4. The van der Waals surface area contributed by atoms with Gasteiger partial charge in [0, 0.05) is 30.8 Å². The molecule has 2 amide bonds. The molecule has 6 rings (SSSR count). The molecule has 1 unspecified atom stereocenters. The highest BCUT2D eigenvalue weighted by molar-refractivity contribution is 6.02. The van der Waals surface area contributed by atoms with E-state index in [4.69, 9.17) is 14.2 Å². The van der Waals surface area contributed by atoms with Crippen molar-refractivity contribution in [3.63, 3.8) is 0 Å². The molecule has 0 bridgehead atoms. The number of amides is 2. The summed E-state index contributed by atoms with van der Waals surface area (Å²) in [5.74, 6) is 1.21. The van der Waals surface area contributed by atoms with Crippen molar-refractivity contribution in [2.45, 2.75) is 30.5 Å². The standard InChI is InChI=1S/C24H25N3O5/c28-21-17-3-1-2-4-18(17)25-24(26-21)14-23(32-15-24)7-9-27(10-8-23)22(29)16-5-6-19-20(13-16)31-12-11-30-19/h1-6,13,25H,7-12,14-15H2,(H,26,28). The van der Waals surface area contributed by atoms with Crippen LogP contribution in [0.2, 0.25) is 0 Å². The van der Waals surface area contributed by atoms with Gasteiger partial charge in [0.1, 0.15) is 18.9 Å². The van der Waals surface area contributed by atoms with Gasteiger partial charge in [0.25, 0.3) is 11.8 Å². The summed E-state index contributed by atoms with van der Waals surface area (Å²) in [7, 11) is 0. The van der Waals surface area contributed by atoms with E-state index >= 15 is 0 Å². The minimum absolute atomic E-state index is 0.0115. The molecule has 166 valence electrons. The van der Waals surface area contributed by atoms with E-state index < -0.39 is 5.66 Å². The van der Waals surface area contributed by atoms with Gasteiger partial charge in [-0.15, -0.1) is 0 Å². The Hall–Kier alpha value is -3.26. The second-order valence-corrected chi connectivity index (χ2v) is 9.01. The number of rotatable bonds is 1. The number of benzene rings is 2. The van der Waals surface area contributed by atoms with Crippen LogP contribution in [0.4, 0.5) is 5.69 Å². The molecular weight excluding hydrogens is 410 g/mol. The third-order valence-corrected chi connectivity index (χ3v) is 6.90. The van der Waals surface area contributed by atoms with Crippen molar-refractivity contribution in [3.05, 3.63) is 53.6 Å². The lowest BCUT2D eigenvalue weighted by molar-refractivity contribution is -0.0393. The number of para-hydroxylation sites is 1. The van der Waals surface area contributed by atoms with Gasteiger partial charge < -0.3 is 29.7 Å². The molecule has 2 saturated heterocycles. The zero-order valence-corrected chi connectivity index (χ0v) is 17.7. The SMILES string of the molecule is O=C1NC2(COC3(CCN(C(=O)c4ccc5c(c4)OCCO5)CC3)C2)Nc2ccccc21. The van der Waals surface area contributed by atoms with E-state index in [2.05, 4.69) is 10.6 Å². The molecule has 4 aliphatic heterocycles. The number of anilines is 1. The molecule has 0 radical (unpaired) electrons. The molecule has 1 atom stereocenters. The Morgan fingerprint density at radius 1 is 0.969 bits per heavy atom. The van der Waals surface area contributed by atoms with Gasteiger partial charge in [-0.1, -0.05) is 12.1 Å². The first-order valence-corrected chi connectivity index (χ1v) is 11.1. The number of piperidine rings is 1. The van der Waals surface area contributed by atoms with E-state index in [-0.39, 0.29) is 17.4 Å². The maximum atomic E-state index is 13.1. The Balaban J connectivity index is 1.14. The topological polar surface area (TPSA) is 89.1 Å². The monoisotopic (exact) mass is 435 g/mol. The molecule has 4 heterocycles. The number of likely N-dealkylation sites (tertiary alicyclic amines) is 1. The van der Waals surface area contributed by atoms with Crippen molar-refractivity contribution in [2.75, 3.05) is 38.2 Å². The van der Waals surface area contributed by atoms with Gasteiger partial charge in [0.05, 0.1) is 17.8 Å². The molecule has 2 fully saturated rings. The molecular formula is C24H25N3O5. The van der Waals surface area contributed by atoms with E-state index in [0.29, 0.717) is 62.0 Å². The maximum Gasteiger partial charge on any atom is 0.255 e. The van der Waals surface area contributed by atoms with Crippen LogP contribution in [-0.4, -0.2) is 60.9 Å². The highest BCUT2D eigenvalue weighted by Crippen LogP contribution is 2.43. The van der Waals surface area contributed by atoms with Crippen LogP contribution in [0.25, 0.3) is 0 Å². The number of ether oxygens (including phenoxy) is 3. The highest BCUT2D eigenvalue weighted by Gasteiger charge is 2.53. The molecule has 8 nitrogen and oxygen atoms in total. The molecule has 4 aliphatic rings. The van der Waals surface area contributed by atoms with Crippen LogP contribution in [0.5, 0.6) is 11.5 Å². The summed E-state index contributed by atoms with van der Waals surface area (Å²) in [6, 6.07) is 12.9. The highest BCUT2D eigenvalue weighted by atomic mass is 16.6. The number of carbonyl (C=O) groups excluding carboxylic acids is 2. The smallest absolute Gasteiger partial charge is 0.255 e. The van der Waals surface area contributed by atoms with E-state index in [9.17, 15) is 9.59 Å². The summed E-state index contributed by atoms with van der Waals surface area (Å²) in [5, 5.41) is 6.63. The van der Waals surface area contributed by atoms with Crippen molar-refractivity contribution in [2.24, 2.45) is 0 Å². The van der Waals surface area contributed by atoms with Crippen molar-refractivity contribution < 1.29 is 23.8 Å². The van der Waals surface area contributed by atoms with Crippen LogP contribution in [-0.2, 0) is 4.74 Å². The second-order valence-electron chi connectivity index (χ2n) is 9.01. The van der Waals surface area contributed by atoms with Gasteiger partial charge in [-0.3, -0.25) is 9.59 Å². The van der Waals surface area contributed by atoms with Crippen molar-refractivity contribution >= 4 is 17.5 Å². The van der Waals surface area contributed by atoms with Crippen LogP contribution in [0.15, 0.2) is 42.5 Å². The third-order valence-electron chi connectivity index (χ3n) is 6.90. The van der Waals surface area contributed by atoms with E-state index in [1.165, 1.54) is 0 Å². The Morgan fingerprint density at radius 2 is 1.75 bits per heavy atom. The fourth-order valence-corrected chi connectivity index (χ4v) is 5.25. The minimum Gasteiger partial charge on any atom is -0.486 e. The predicted octanol–water partition coefficient (Wildman–Crippen LogP) is 2.40. The maximum absolute atomic E-state index is 13.1. The molecule has 0 saturated carbocycles. The number of hydrogen-bond acceptors (Lipinski definition) is 6. The molecule has 2 aromatic carbocycles. The Bertz CT molecular complexity index is 1090. The quantitative estimate of drug-likeness (QED) is 0.715. The van der Waals surface area contributed by atoms with E-state index in [0.717, 1.165) is 18.5 Å². The zero-order chi connectivity index (χ0) is 21.8. The summed E-state index contributed by atoms with van der Waals surface area (Å²) in [6.45, 7) is 2.63. The lowest BCUT2D eigenvalue weighted by atomic mass is 9.84. The number of carbonyl (C=O) groups is 2. The van der Waals surface area contributed by atoms with E-state index in [1.54, 1.807) is 18.2 Å². The van der Waals surface area contributed by atoms with Crippen molar-refractivity contribution in [1.29, 1.82) is 0 Å². The van der Waals surface area contributed by atoms with Crippen LogP contribution < -0.4 is 20.1 Å². The largest absolute Gasteiger partial charge is 0.486 e. The van der Waals surface area contributed by atoms with Gasteiger partial charge in [0.15, 0.2) is 11.5 Å². The number of hydrogen-bond donors (Lipinski definition) is 2. The van der Waals surface area contributed by atoms with Gasteiger partial charge in [-0.05, 0) is 43.2 Å². The number of nitrogens with one attached hydrogen (secondary N) is 2. The third kappa shape index (κ3) is 3.17. The van der Waals surface area contributed by atoms with E-state index in [1.807, 2.05) is 29.2 Å². The van der Waals surface area contributed by atoms with Gasteiger partial charge in [-0.2, -0.15) is 0 Å². The first-order valence-electron chi connectivity index (χ1n) is 11.1. The summed E-state index contributed by atoms with van der Waals surface area (Å²) < 4.78 is 17.5. The molecule has 8 heteroatoms. The lowest BCUT2D eigenvalue weighted by Crippen LogP contribution is -2.59. The normalized spacial score (nSPS) is 25.2. The zero-order valence-electron chi connectivity index (χ0n) is 17.7. The summed E-state index contributed by atoms with van der Waals surface area (Å²) in [4.78, 5) is 27.6. The van der Waals surface area contributed by atoms with Gasteiger partial charge in [0.2, 0.25) is 0 Å². The van der Waals surface area contributed by atoms with Gasteiger partial charge >= 0.3 is 0 Å². The predicted molar refractivity (Wildman–Crippen MR) is 116 cm³/mol. The molecule has 2 spiro atoms.